The minimum atomic E-state index is 0.200. The van der Waals surface area contributed by atoms with Gasteiger partial charge in [0.25, 0.3) is 0 Å². The van der Waals surface area contributed by atoms with Gasteiger partial charge in [-0.25, -0.2) is 9.97 Å². The summed E-state index contributed by atoms with van der Waals surface area (Å²) in [6, 6.07) is 7.04. The Balaban J connectivity index is 2.59. The summed E-state index contributed by atoms with van der Waals surface area (Å²) in [6.45, 7) is 0.352. The Hall–Kier alpha value is -1.94. The third-order valence-corrected chi connectivity index (χ3v) is 2.17. The van der Waals surface area contributed by atoms with Gasteiger partial charge in [0.2, 0.25) is 0 Å². The van der Waals surface area contributed by atoms with Gasteiger partial charge in [0.05, 0.1) is 5.69 Å². The van der Waals surface area contributed by atoms with Crippen molar-refractivity contribution in [2.45, 2.75) is 6.54 Å². The second-order valence-electron chi connectivity index (χ2n) is 3.12. The Morgan fingerprint density at radius 2 is 2.07 bits per heavy atom. The van der Waals surface area contributed by atoms with Crippen LogP contribution in [0.25, 0.3) is 11.3 Å². The van der Waals surface area contributed by atoms with Crippen molar-refractivity contribution in [1.29, 1.82) is 0 Å². The summed E-state index contributed by atoms with van der Waals surface area (Å²) < 4.78 is 0. The average Bonchev–Trinajstić information content (AvgIpc) is 2.30. The van der Waals surface area contributed by atoms with Gasteiger partial charge in [0.15, 0.2) is 0 Å². The normalized spacial score (nSPS) is 10.2. The van der Waals surface area contributed by atoms with Crippen LogP contribution in [0.3, 0.4) is 0 Å². The molecular formula is C11H11N3O. The molecule has 0 bridgehead atoms. The van der Waals surface area contributed by atoms with E-state index in [1.165, 1.54) is 6.33 Å². The highest BCUT2D eigenvalue weighted by molar-refractivity contribution is 5.68. The maximum Gasteiger partial charge on any atom is 0.124 e. The van der Waals surface area contributed by atoms with Gasteiger partial charge in [0.1, 0.15) is 12.1 Å². The molecule has 1 heterocycles. The molecule has 76 valence electrons. The van der Waals surface area contributed by atoms with Gasteiger partial charge in [-0.05, 0) is 12.1 Å². The van der Waals surface area contributed by atoms with Crippen LogP contribution in [0.5, 0.6) is 5.75 Å². The van der Waals surface area contributed by atoms with Crippen molar-refractivity contribution >= 4 is 0 Å². The maximum absolute atomic E-state index is 9.68. The molecule has 0 spiro atoms. The molecule has 0 saturated heterocycles. The fraction of sp³-hybridized carbons (Fsp3) is 0.0909. The lowest BCUT2D eigenvalue weighted by atomic mass is 10.1. The van der Waals surface area contributed by atoms with Crippen LogP contribution in [0.1, 0.15) is 5.56 Å². The largest absolute Gasteiger partial charge is 0.507 e. The molecule has 4 nitrogen and oxygen atoms in total. The first-order valence-corrected chi connectivity index (χ1v) is 4.60. The van der Waals surface area contributed by atoms with Gasteiger partial charge in [0, 0.05) is 23.9 Å². The van der Waals surface area contributed by atoms with E-state index in [-0.39, 0.29) is 5.75 Å². The smallest absolute Gasteiger partial charge is 0.124 e. The predicted molar refractivity (Wildman–Crippen MR) is 57.0 cm³/mol. The molecule has 0 unspecified atom stereocenters. The number of aromatic hydroxyl groups is 1. The van der Waals surface area contributed by atoms with Crippen LogP contribution < -0.4 is 5.73 Å². The molecule has 1 aromatic heterocycles. The van der Waals surface area contributed by atoms with E-state index in [9.17, 15) is 5.11 Å². The highest BCUT2D eigenvalue weighted by Gasteiger charge is 2.08. The number of para-hydroxylation sites is 1. The van der Waals surface area contributed by atoms with Crippen LogP contribution >= 0.6 is 0 Å². The molecule has 2 aromatic rings. The topological polar surface area (TPSA) is 72.0 Å². The van der Waals surface area contributed by atoms with Crippen LogP contribution in [-0.4, -0.2) is 15.1 Å². The second-order valence-corrected chi connectivity index (χ2v) is 3.12. The number of benzene rings is 1. The standard InChI is InChI=1S/C11H11N3O/c12-5-8-6-13-7-14-11(8)9-3-1-2-4-10(9)15/h1-4,6-7,15H,5,12H2. The number of aromatic nitrogens is 2. The van der Waals surface area contributed by atoms with Gasteiger partial charge < -0.3 is 10.8 Å². The molecule has 0 radical (unpaired) electrons. The molecule has 0 saturated carbocycles. The zero-order chi connectivity index (χ0) is 10.7. The lowest BCUT2D eigenvalue weighted by molar-refractivity contribution is 0.477. The Kier molecular flexibility index (Phi) is 2.60. The number of phenols is 1. The highest BCUT2D eigenvalue weighted by atomic mass is 16.3. The van der Waals surface area contributed by atoms with E-state index >= 15 is 0 Å². The van der Waals surface area contributed by atoms with E-state index in [0.29, 0.717) is 17.8 Å². The van der Waals surface area contributed by atoms with Crippen LogP contribution in [0.15, 0.2) is 36.8 Å². The second kappa shape index (κ2) is 4.06. The van der Waals surface area contributed by atoms with E-state index < -0.39 is 0 Å². The molecule has 0 aliphatic rings. The Labute approximate surface area is 87.4 Å². The molecule has 1 aromatic carbocycles. The minimum absolute atomic E-state index is 0.200. The number of nitrogens with two attached hydrogens (primary N) is 1. The summed E-state index contributed by atoms with van der Waals surface area (Å²) in [5, 5.41) is 9.68. The van der Waals surface area contributed by atoms with Crippen molar-refractivity contribution in [3.05, 3.63) is 42.4 Å². The quantitative estimate of drug-likeness (QED) is 0.768. The van der Waals surface area contributed by atoms with Crippen molar-refractivity contribution in [3.8, 4) is 17.0 Å². The summed E-state index contributed by atoms with van der Waals surface area (Å²) in [6.07, 6.45) is 3.11. The summed E-state index contributed by atoms with van der Waals surface area (Å²) in [5.74, 6) is 0.200. The number of rotatable bonds is 2. The summed E-state index contributed by atoms with van der Waals surface area (Å²) >= 11 is 0. The molecular weight excluding hydrogens is 190 g/mol. The molecule has 0 aliphatic heterocycles. The Bertz CT molecular complexity index is 471. The summed E-state index contributed by atoms with van der Waals surface area (Å²) in [7, 11) is 0. The van der Waals surface area contributed by atoms with E-state index in [0.717, 1.165) is 5.56 Å². The first kappa shape index (κ1) is 9.61. The average molecular weight is 201 g/mol. The number of hydrogen-bond acceptors (Lipinski definition) is 4. The van der Waals surface area contributed by atoms with Crippen molar-refractivity contribution < 1.29 is 5.11 Å². The number of phenolic OH excluding ortho intramolecular Hbond substituents is 1. The van der Waals surface area contributed by atoms with E-state index in [1.54, 1.807) is 24.4 Å². The van der Waals surface area contributed by atoms with Crippen molar-refractivity contribution in [1.82, 2.24) is 9.97 Å². The fourth-order valence-corrected chi connectivity index (χ4v) is 1.42. The predicted octanol–water partition coefficient (Wildman–Crippen LogP) is 1.31. The van der Waals surface area contributed by atoms with Crippen LogP contribution in [0, 0.1) is 0 Å². The molecule has 4 heteroatoms. The molecule has 2 rings (SSSR count). The Morgan fingerprint density at radius 1 is 1.27 bits per heavy atom. The van der Waals surface area contributed by atoms with Gasteiger partial charge in [-0.15, -0.1) is 0 Å². The molecule has 0 aliphatic carbocycles. The van der Waals surface area contributed by atoms with Crippen molar-refractivity contribution in [2.75, 3.05) is 0 Å². The lowest BCUT2D eigenvalue weighted by Crippen LogP contribution is -2.01. The van der Waals surface area contributed by atoms with Crippen LogP contribution in [0.2, 0.25) is 0 Å². The molecule has 15 heavy (non-hydrogen) atoms. The van der Waals surface area contributed by atoms with Crippen molar-refractivity contribution in [2.24, 2.45) is 5.73 Å². The zero-order valence-corrected chi connectivity index (χ0v) is 8.09. The highest BCUT2D eigenvalue weighted by Crippen LogP contribution is 2.28. The summed E-state index contributed by atoms with van der Waals surface area (Å²) in [5.41, 5.74) is 7.76. The molecule has 0 fully saturated rings. The first-order chi connectivity index (χ1) is 7.33. The van der Waals surface area contributed by atoms with E-state index in [4.69, 9.17) is 5.73 Å². The summed E-state index contributed by atoms with van der Waals surface area (Å²) in [4.78, 5) is 8.03. The van der Waals surface area contributed by atoms with Gasteiger partial charge in [-0.1, -0.05) is 12.1 Å². The molecule has 0 atom stereocenters. The SMILES string of the molecule is NCc1cncnc1-c1ccccc1O. The van der Waals surface area contributed by atoms with Crippen LogP contribution in [0.4, 0.5) is 0 Å². The Morgan fingerprint density at radius 3 is 2.80 bits per heavy atom. The first-order valence-electron chi connectivity index (χ1n) is 4.60. The fourth-order valence-electron chi connectivity index (χ4n) is 1.42. The number of hydrogen-bond donors (Lipinski definition) is 2. The molecule has 3 N–H and O–H groups in total. The van der Waals surface area contributed by atoms with Gasteiger partial charge >= 0.3 is 0 Å². The van der Waals surface area contributed by atoms with Gasteiger partial charge in [-0.3, -0.25) is 0 Å². The van der Waals surface area contributed by atoms with E-state index in [1.807, 2.05) is 6.07 Å². The zero-order valence-electron chi connectivity index (χ0n) is 8.09. The lowest BCUT2D eigenvalue weighted by Gasteiger charge is -2.07. The minimum Gasteiger partial charge on any atom is -0.507 e. The molecule has 0 amide bonds. The van der Waals surface area contributed by atoms with Gasteiger partial charge in [-0.2, -0.15) is 0 Å². The van der Waals surface area contributed by atoms with Crippen molar-refractivity contribution in [3.63, 3.8) is 0 Å². The monoisotopic (exact) mass is 201 g/mol. The third-order valence-electron chi connectivity index (χ3n) is 2.17. The third kappa shape index (κ3) is 1.80. The van der Waals surface area contributed by atoms with Crippen LogP contribution in [-0.2, 0) is 6.54 Å². The van der Waals surface area contributed by atoms with E-state index in [2.05, 4.69) is 9.97 Å². The maximum atomic E-state index is 9.68. The number of nitrogens with zero attached hydrogens (tertiary/aromatic N) is 2.